The Bertz CT molecular complexity index is 684. The fourth-order valence-electron chi connectivity index (χ4n) is 2.45. The highest BCUT2D eigenvalue weighted by molar-refractivity contribution is 5.58. The van der Waals surface area contributed by atoms with Crippen molar-refractivity contribution < 1.29 is 0 Å². The smallest absolute Gasteiger partial charge is 0.0248 e. The van der Waals surface area contributed by atoms with Crippen molar-refractivity contribution in [2.24, 2.45) is 10.8 Å². The second-order valence-corrected chi connectivity index (χ2v) is 7.89. The van der Waals surface area contributed by atoms with Crippen LogP contribution in [-0.4, -0.2) is 0 Å². The highest BCUT2D eigenvalue weighted by Gasteiger charge is 2.27. The predicted octanol–water partition coefficient (Wildman–Crippen LogP) is 5.92. The van der Waals surface area contributed by atoms with Crippen molar-refractivity contribution in [2.75, 3.05) is 0 Å². The largest absolute Gasteiger partial charge is 0.0690 e. The Kier molecular flexibility index (Phi) is 4.47. The molecule has 22 heavy (non-hydrogen) atoms. The molecule has 0 aromatic heterocycles. The molecule has 0 saturated heterocycles. The van der Waals surface area contributed by atoms with Gasteiger partial charge in [0.1, 0.15) is 0 Å². The molecule has 0 bridgehead atoms. The molecule has 0 saturated carbocycles. The zero-order valence-corrected chi connectivity index (χ0v) is 14.6. The fraction of sp³-hybridized carbons (Fsp3) is 0.364. The van der Waals surface area contributed by atoms with E-state index in [1.165, 1.54) is 16.7 Å². The molecule has 0 heteroatoms. The van der Waals surface area contributed by atoms with E-state index >= 15 is 0 Å². The lowest BCUT2D eigenvalue weighted by Crippen LogP contribution is -2.10. The Morgan fingerprint density at radius 1 is 0.818 bits per heavy atom. The van der Waals surface area contributed by atoms with Crippen LogP contribution in [0.4, 0.5) is 0 Å². The average Bonchev–Trinajstić information content (AvgIpc) is 2.84. The summed E-state index contributed by atoms with van der Waals surface area (Å²) in [6.07, 6.45) is 6.69. The Balaban J connectivity index is 2.36. The molecule has 0 amide bonds. The van der Waals surface area contributed by atoms with Gasteiger partial charge in [-0.05, 0) is 45.8 Å². The summed E-state index contributed by atoms with van der Waals surface area (Å²) in [7, 11) is 0. The van der Waals surface area contributed by atoms with E-state index < -0.39 is 0 Å². The number of hydrogen-bond donors (Lipinski definition) is 0. The Morgan fingerprint density at radius 3 is 2.00 bits per heavy atom. The molecular formula is C22H26. The molecule has 0 spiro atoms. The number of allylic oxidation sites excluding steroid dienone is 6. The molecule has 0 N–H and O–H groups in total. The van der Waals surface area contributed by atoms with E-state index in [1.807, 2.05) is 30.3 Å². The van der Waals surface area contributed by atoms with Gasteiger partial charge in [-0.1, -0.05) is 83.7 Å². The third kappa shape index (κ3) is 4.01. The number of rotatable bonds is 0. The molecule has 1 aromatic rings. The monoisotopic (exact) mass is 290 g/mol. The Hall–Kier alpha value is -2.00. The normalized spacial score (nSPS) is 16.9. The van der Waals surface area contributed by atoms with Gasteiger partial charge in [0.15, 0.2) is 0 Å². The van der Waals surface area contributed by atoms with Gasteiger partial charge in [-0.2, -0.15) is 0 Å². The zero-order chi connectivity index (χ0) is 16.4. The van der Waals surface area contributed by atoms with Crippen molar-refractivity contribution in [3.63, 3.8) is 0 Å². The second-order valence-electron chi connectivity index (χ2n) is 7.89. The predicted molar refractivity (Wildman–Crippen MR) is 96.5 cm³/mol. The van der Waals surface area contributed by atoms with E-state index in [1.54, 1.807) is 0 Å². The van der Waals surface area contributed by atoms with Gasteiger partial charge < -0.3 is 0 Å². The maximum absolute atomic E-state index is 3.22. The summed E-state index contributed by atoms with van der Waals surface area (Å²) < 4.78 is 0. The standard InChI is InChI=1S/C22H26/c1-21(2,3)19-15-18(20(16-19)22(4,5)6)14-10-13-17-11-8-7-9-12-17/h7-9,11-12,14-16H,1-6H3/b18-14+. The highest BCUT2D eigenvalue weighted by Crippen LogP contribution is 2.42. The molecule has 1 aliphatic rings. The summed E-state index contributed by atoms with van der Waals surface area (Å²) in [5, 5.41) is 0. The Labute approximate surface area is 135 Å². The fourth-order valence-corrected chi connectivity index (χ4v) is 2.45. The second kappa shape index (κ2) is 6.01. The lowest BCUT2D eigenvalue weighted by Gasteiger charge is -2.22. The van der Waals surface area contributed by atoms with Gasteiger partial charge in [0.25, 0.3) is 0 Å². The molecule has 2 rings (SSSR count). The molecular weight excluding hydrogens is 264 g/mol. The first kappa shape index (κ1) is 16.4. The van der Waals surface area contributed by atoms with Crippen LogP contribution in [0, 0.1) is 22.7 Å². The van der Waals surface area contributed by atoms with Crippen molar-refractivity contribution >= 4 is 0 Å². The van der Waals surface area contributed by atoms with Crippen LogP contribution in [0.15, 0.2) is 65.3 Å². The summed E-state index contributed by atoms with van der Waals surface area (Å²) >= 11 is 0. The van der Waals surface area contributed by atoms with E-state index in [0.717, 1.165) is 5.56 Å². The van der Waals surface area contributed by atoms with Gasteiger partial charge in [0.05, 0.1) is 0 Å². The first-order valence-corrected chi connectivity index (χ1v) is 7.89. The van der Waals surface area contributed by atoms with Crippen molar-refractivity contribution in [3.8, 4) is 11.8 Å². The van der Waals surface area contributed by atoms with Crippen LogP contribution in [0.25, 0.3) is 0 Å². The third-order valence-electron chi connectivity index (χ3n) is 3.81. The van der Waals surface area contributed by atoms with Crippen molar-refractivity contribution in [1.82, 2.24) is 0 Å². The third-order valence-corrected chi connectivity index (χ3v) is 3.81. The first-order valence-electron chi connectivity index (χ1n) is 7.89. The zero-order valence-electron chi connectivity index (χ0n) is 14.6. The quantitative estimate of drug-likeness (QED) is 0.520. The summed E-state index contributed by atoms with van der Waals surface area (Å²) in [5.74, 6) is 6.43. The summed E-state index contributed by atoms with van der Waals surface area (Å²) in [6.45, 7) is 13.6. The summed E-state index contributed by atoms with van der Waals surface area (Å²) in [5.41, 5.74) is 5.35. The summed E-state index contributed by atoms with van der Waals surface area (Å²) in [4.78, 5) is 0. The van der Waals surface area contributed by atoms with Crippen LogP contribution in [0.5, 0.6) is 0 Å². The maximum atomic E-state index is 3.22. The highest BCUT2D eigenvalue weighted by atomic mass is 14.3. The minimum absolute atomic E-state index is 0.129. The topological polar surface area (TPSA) is 0 Å². The molecule has 0 unspecified atom stereocenters. The van der Waals surface area contributed by atoms with E-state index in [9.17, 15) is 0 Å². The van der Waals surface area contributed by atoms with Gasteiger partial charge in [-0.25, -0.2) is 0 Å². The number of benzene rings is 1. The van der Waals surface area contributed by atoms with Crippen LogP contribution in [0.1, 0.15) is 47.1 Å². The SMILES string of the molecule is CC(C)(C)C1=C/C(=C\C#Cc2ccccc2)C(C(C)(C)C)=C1. The van der Waals surface area contributed by atoms with Crippen LogP contribution < -0.4 is 0 Å². The van der Waals surface area contributed by atoms with Crippen LogP contribution >= 0.6 is 0 Å². The van der Waals surface area contributed by atoms with Crippen molar-refractivity contribution in [1.29, 1.82) is 0 Å². The van der Waals surface area contributed by atoms with E-state index in [-0.39, 0.29) is 10.8 Å². The van der Waals surface area contributed by atoms with Crippen LogP contribution in [-0.2, 0) is 0 Å². The summed E-state index contributed by atoms with van der Waals surface area (Å²) in [6, 6.07) is 10.1. The van der Waals surface area contributed by atoms with Crippen LogP contribution in [0.3, 0.4) is 0 Å². The van der Waals surface area contributed by atoms with E-state index in [0.29, 0.717) is 0 Å². The van der Waals surface area contributed by atoms with Gasteiger partial charge >= 0.3 is 0 Å². The van der Waals surface area contributed by atoms with E-state index in [2.05, 4.69) is 71.6 Å². The molecule has 1 aliphatic carbocycles. The molecule has 0 aliphatic heterocycles. The van der Waals surface area contributed by atoms with Gasteiger partial charge in [-0.15, -0.1) is 0 Å². The van der Waals surface area contributed by atoms with Gasteiger partial charge in [0.2, 0.25) is 0 Å². The number of hydrogen-bond acceptors (Lipinski definition) is 0. The molecule has 0 radical (unpaired) electrons. The molecule has 0 nitrogen and oxygen atoms in total. The van der Waals surface area contributed by atoms with Gasteiger partial charge in [0, 0.05) is 5.56 Å². The van der Waals surface area contributed by atoms with E-state index in [4.69, 9.17) is 0 Å². The molecule has 114 valence electrons. The average molecular weight is 290 g/mol. The van der Waals surface area contributed by atoms with Crippen molar-refractivity contribution in [3.05, 3.63) is 70.8 Å². The van der Waals surface area contributed by atoms with Crippen LogP contribution in [0.2, 0.25) is 0 Å². The molecule has 0 heterocycles. The molecule has 0 atom stereocenters. The Morgan fingerprint density at radius 2 is 1.45 bits per heavy atom. The lowest BCUT2D eigenvalue weighted by atomic mass is 9.82. The van der Waals surface area contributed by atoms with Crippen molar-refractivity contribution in [2.45, 2.75) is 41.5 Å². The molecule has 1 aromatic carbocycles. The van der Waals surface area contributed by atoms with Gasteiger partial charge in [-0.3, -0.25) is 0 Å². The minimum atomic E-state index is 0.129. The molecule has 0 fully saturated rings. The first-order chi connectivity index (χ1) is 10.2. The maximum Gasteiger partial charge on any atom is 0.0248 e. The minimum Gasteiger partial charge on any atom is -0.0690 e. The lowest BCUT2D eigenvalue weighted by molar-refractivity contribution is 0.504.